The third kappa shape index (κ3) is 3.78. The SMILES string of the molecule is O=c1c(C2=NS(O)(O)c3ccccc3N2)c(O)c2sc(-c3ccccc3)cc2n1Cc1ccccc1. The van der Waals surface area contributed by atoms with E-state index in [0.29, 0.717) is 15.9 Å². The number of amidine groups is 1. The predicted octanol–water partition coefficient (Wildman–Crippen LogP) is 6.38. The second kappa shape index (κ2) is 8.65. The van der Waals surface area contributed by atoms with E-state index in [0.717, 1.165) is 16.0 Å². The fraction of sp³-hybridized carbons (Fsp3) is 0.0370. The lowest BCUT2D eigenvalue weighted by atomic mass is 10.1. The molecule has 6 rings (SSSR count). The fourth-order valence-corrected chi connectivity index (χ4v) is 6.62. The molecule has 3 heterocycles. The fourth-order valence-electron chi connectivity index (χ4n) is 4.34. The first-order valence-electron chi connectivity index (χ1n) is 11.2. The normalized spacial score (nSPS) is 15.1. The summed E-state index contributed by atoms with van der Waals surface area (Å²) in [6, 6.07) is 27.9. The number of fused-ring (bicyclic) bond motifs is 2. The van der Waals surface area contributed by atoms with Gasteiger partial charge in [0.25, 0.3) is 5.56 Å². The van der Waals surface area contributed by atoms with Crippen LogP contribution in [0.5, 0.6) is 5.75 Å². The van der Waals surface area contributed by atoms with Gasteiger partial charge in [0, 0.05) is 4.88 Å². The summed E-state index contributed by atoms with van der Waals surface area (Å²) in [6.07, 6.45) is 0. The number of nitrogens with one attached hydrogen (secondary N) is 1. The summed E-state index contributed by atoms with van der Waals surface area (Å²) in [4.78, 5) is 15.0. The quantitative estimate of drug-likeness (QED) is 0.222. The Balaban J connectivity index is 1.60. The average molecular weight is 516 g/mol. The molecule has 1 aliphatic rings. The third-order valence-corrected chi connectivity index (χ3v) is 8.61. The van der Waals surface area contributed by atoms with E-state index in [9.17, 15) is 19.0 Å². The van der Waals surface area contributed by atoms with Gasteiger partial charge in [0.2, 0.25) is 0 Å². The molecule has 0 bridgehead atoms. The Morgan fingerprint density at radius 3 is 2.33 bits per heavy atom. The van der Waals surface area contributed by atoms with Crippen LogP contribution in [0.1, 0.15) is 11.1 Å². The van der Waals surface area contributed by atoms with E-state index in [4.69, 9.17) is 0 Å². The lowest BCUT2D eigenvalue weighted by molar-refractivity contribution is 0.478. The Hall–Kier alpha value is -3.89. The van der Waals surface area contributed by atoms with Crippen LogP contribution in [-0.4, -0.2) is 24.6 Å². The molecule has 0 fully saturated rings. The minimum absolute atomic E-state index is 0.0745. The van der Waals surface area contributed by atoms with Gasteiger partial charge in [0.15, 0.2) is 11.6 Å². The number of aromatic hydroxyl groups is 1. The van der Waals surface area contributed by atoms with Gasteiger partial charge in [-0.05, 0) is 29.3 Å². The lowest BCUT2D eigenvalue weighted by Crippen LogP contribution is -2.32. The van der Waals surface area contributed by atoms with Crippen LogP contribution >= 0.6 is 22.1 Å². The highest BCUT2D eigenvalue weighted by molar-refractivity contribution is 8.23. The molecule has 3 aromatic carbocycles. The predicted molar refractivity (Wildman–Crippen MR) is 146 cm³/mol. The molecule has 36 heavy (non-hydrogen) atoms. The molecule has 2 aromatic heterocycles. The van der Waals surface area contributed by atoms with Crippen molar-refractivity contribution >= 4 is 43.9 Å². The monoisotopic (exact) mass is 515 g/mol. The molecule has 0 saturated heterocycles. The number of anilines is 1. The van der Waals surface area contributed by atoms with Crippen LogP contribution in [0.2, 0.25) is 0 Å². The van der Waals surface area contributed by atoms with E-state index in [1.165, 1.54) is 11.3 Å². The molecule has 0 unspecified atom stereocenters. The average Bonchev–Trinajstić information content (AvgIpc) is 3.33. The van der Waals surface area contributed by atoms with Gasteiger partial charge in [-0.1, -0.05) is 83.6 Å². The van der Waals surface area contributed by atoms with Crippen LogP contribution in [0.25, 0.3) is 20.7 Å². The molecule has 0 amide bonds. The van der Waals surface area contributed by atoms with Crippen LogP contribution in [-0.2, 0) is 6.54 Å². The lowest BCUT2D eigenvalue weighted by Gasteiger charge is -2.34. The molecule has 9 heteroatoms. The van der Waals surface area contributed by atoms with E-state index >= 15 is 0 Å². The van der Waals surface area contributed by atoms with Crippen LogP contribution in [0.4, 0.5) is 5.69 Å². The van der Waals surface area contributed by atoms with E-state index < -0.39 is 16.3 Å². The van der Waals surface area contributed by atoms with Gasteiger partial charge in [0.1, 0.15) is 10.5 Å². The molecule has 0 spiro atoms. The molecular weight excluding hydrogens is 494 g/mol. The van der Waals surface area contributed by atoms with Crippen LogP contribution in [0, 0.1) is 0 Å². The Bertz CT molecular complexity index is 1690. The second-order valence-corrected chi connectivity index (χ2v) is 11.1. The molecule has 0 aliphatic carbocycles. The Kier molecular flexibility index (Phi) is 5.42. The number of hydrogen-bond donors (Lipinski definition) is 4. The molecule has 0 atom stereocenters. The van der Waals surface area contributed by atoms with E-state index in [1.807, 2.05) is 66.7 Å². The maximum atomic E-state index is 13.9. The zero-order valence-corrected chi connectivity index (χ0v) is 20.5. The standard InChI is InChI=1S/C27H21N3O4S2/c31-24-23(26-28-19-13-7-8-14-22(19)36(33,34)29-26)27(32)30(16-17-9-3-1-4-10-17)20-15-21(35-25(20)24)18-11-5-2-6-12-18/h1-15,31,33-34H,16H2,(H,28,29). The number of hydrogen-bond acceptors (Lipinski definition) is 7. The highest BCUT2D eigenvalue weighted by atomic mass is 32.3. The van der Waals surface area contributed by atoms with Crippen molar-refractivity contribution < 1.29 is 14.2 Å². The summed E-state index contributed by atoms with van der Waals surface area (Å²) in [5.74, 6) is -0.318. The van der Waals surface area contributed by atoms with Crippen molar-refractivity contribution in [2.75, 3.05) is 5.32 Å². The summed E-state index contributed by atoms with van der Waals surface area (Å²) in [5.41, 5.74) is 2.31. The van der Waals surface area contributed by atoms with Gasteiger partial charge >= 0.3 is 0 Å². The minimum atomic E-state index is -3.57. The van der Waals surface area contributed by atoms with Crippen LogP contribution in [0.3, 0.4) is 0 Å². The van der Waals surface area contributed by atoms with E-state index in [2.05, 4.69) is 9.71 Å². The van der Waals surface area contributed by atoms with Crippen molar-refractivity contribution in [2.45, 2.75) is 11.4 Å². The first-order chi connectivity index (χ1) is 17.4. The summed E-state index contributed by atoms with van der Waals surface area (Å²) >= 11 is 1.36. The van der Waals surface area contributed by atoms with Crippen molar-refractivity contribution in [3.05, 3.63) is 112 Å². The van der Waals surface area contributed by atoms with Crippen molar-refractivity contribution in [3.63, 3.8) is 0 Å². The maximum absolute atomic E-state index is 13.9. The summed E-state index contributed by atoms with van der Waals surface area (Å²) in [7, 11) is -3.57. The Morgan fingerprint density at radius 2 is 1.58 bits per heavy atom. The third-order valence-electron chi connectivity index (χ3n) is 6.05. The molecule has 7 nitrogen and oxygen atoms in total. The number of rotatable bonds is 4. The minimum Gasteiger partial charge on any atom is -0.505 e. The highest BCUT2D eigenvalue weighted by Crippen LogP contribution is 2.55. The van der Waals surface area contributed by atoms with Crippen LogP contribution in [0.15, 0.2) is 105 Å². The number of thiophene rings is 1. The second-order valence-electron chi connectivity index (χ2n) is 8.37. The molecule has 5 aromatic rings. The van der Waals surface area contributed by atoms with Crippen LogP contribution < -0.4 is 10.9 Å². The molecule has 180 valence electrons. The molecule has 0 saturated carbocycles. The largest absolute Gasteiger partial charge is 0.505 e. The van der Waals surface area contributed by atoms with Gasteiger partial charge < -0.3 is 15.0 Å². The summed E-state index contributed by atoms with van der Waals surface area (Å²) in [6.45, 7) is 0.272. The van der Waals surface area contributed by atoms with Crippen molar-refractivity contribution in [1.29, 1.82) is 0 Å². The Labute approximate surface area is 212 Å². The van der Waals surface area contributed by atoms with E-state index in [-0.39, 0.29) is 28.6 Å². The first kappa shape index (κ1) is 22.6. The number of para-hydroxylation sites is 1. The number of benzene rings is 3. The number of nitrogens with zero attached hydrogens (tertiary/aromatic N) is 2. The molecule has 1 aliphatic heterocycles. The van der Waals surface area contributed by atoms with Gasteiger partial charge in [0.05, 0.1) is 22.4 Å². The van der Waals surface area contributed by atoms with E-state index in [1.54, 1.807) is 28.8 Å². The molecule has 4 N–H and O–H groups in total. The molecular formula is C27H21N3O4S2. The first-order valence-corrected chi connectivity index (χ1v) is 13.5. The topological polar surface area (TPSA) is 107 Å². The smallest absolute Gasteiger partial charge is 0.266 e. The number of pyridine rings is 1. The summed E-state index contributed by atoms with van der Waals surface area (Å²) in [5, 5.41) is 14.4. The summed E-state index contributed by atoms with van der Waals surface area (Å²) < 4.78 is 27.7. The zero-order valence-electron chi connectivity index (χ0n) is 18.8. The van der Waals surface area contributed by atoms with Gasteiger partial charge in [-0.3, -0.25) is 13.9 Å². The van der Waals surface area contributed by atoms with Crippen molar-refractivity contribution in [3.8, 4) is 16.2 Å². The highest BCUT2D eigenvalue weighted by Gasteiger charge is 2.30. The Morgan fingerprint density at radius 1 is 0.917 bits per heavy atom. The zero-order chi connectivity index (χ0) is 24.9. The van der Waals surface area contributed by atoms with Gasteiger partial charge in [-0.2, -0.15) is 0 Å². The number of aromatic nitrogens is 1. The maximum Gasteiger partial charge on any atom is 0.266 e. The molecule has 0 radical (unpaired) electrons. The van der Waals surface area contributed by atoms with Crippen molar-refractivity contribution in [1.82, 2.24) is 4.57 Å². The van der Waals surface area contributed by atoms with Gasteiger partial charge in [-0.25, -0.2) is 0 Å². The van der Waals surface area contributed by atoms with Crippen molar-refractivity contribution in [2.24, 2.45) is 4.40 Å². The van der Waals surface area contributed by atoms with Gasteiger partial charge in [-0.15, -0.1) is 15.7 Å².